The van der Waals surface area contributed by atoms with Crippen molar-refractivity contribution in [2.45, 2.75) is 13.8 Å². The third-order valence-electron chi connectivity index (χ3n) is 4.37. The smallest absolute Gasteiger partial charge is 0.278 e. The van der Waals surface area contributed by atoms with Crippen molar-refractivity contribution >= 4 is 34.7 Å². The van der Waals surface area contributed by atoms with Crippen LogP contribution in [0.5, 0.6) is 5.75 Å². The van der Waals surface area contributed by atoms with E-state index in [4.69, 9.17) is 16.3 Å². The fraction of sp³-hybridized carbons (Fsp3) is 0.182. The molecule has 0 radical (unpaired) electrons. The Hall–Kier alpha value is -3.05. The van der Waals surface area contributed by atoms with Gasteiger partial charge in [-0.3, -0.25) is 14.5 Å². The Bertz CT molecular complexity index is 964. The maximum absolute atomic E-state index is 12.9. The van der Waals surface area contributed by atoms with E-state index in [1.54, 1.807) is 30.3 Å². The van der Waals surface area contributed by atoms with Crippen LogP contribution in [-0.2, 0) is 9.59 Å². The molecule has 2 amide bonds. The molecule has 6 heteroatoms. The van der Waals surface area contributed by atoms with Gasteiger partial charge in [0.15, 0.2) is 0 Å². The number of carbonyl (C=O) groups excluding carboxylic acids is 2. The standard InChI is InChI=1S/C22H21ClN2O3/c1-4-12-25-21(26)19(15-7-10-17(11-8-15)28-5-2)20(22(25)27)24-16-9-6-14(3)18(23)13-16/h4,6-11,13,24H,1,5,12H2,2-3H3. The fourth-order valence-electron chi connectivity index (χ4n) is 2.95. The molecule has 0 saturated heterocycles. The highest BCUT2D eigenvalue weighted by Crippen LogP contribution is 2.32. The molecule has 1 N–H and O–H groups in total. The first-order valence-corrected chi connectivity index (χ1v) is 9.31. The zero-order valence-electron chi connectivity index (χ0n) is 15.8. The van der Waals surface area contributed by atoms with E-state index in [2.05, 4.69) is 11.9 Å². The van der Waals surface area contributed by atoms with E-state index in [1.165, 1.54) is 6.08 Å². The van der Waals surface area contributed by atoms with Crippen molar-refractivity contribution in [3.63, 3.8) is 0 Å². The van der Waals surface area contributed by atoms with Crippen LogP contribution >= 0.6 is 11.6 Å². The number of nitrogens with one attached hydrogen (secondary N) is 1. The Labute approximate surface area is 169 Å². The molecule has 1 aliphatic rings. The largest absolute Gasteiger partial charge is 0.494 e. The highest BCUT2D eigenvalue weighted by molar-refractivity contribution is 6.36. The summed E-state index contributed by atoms with van der Waals surface area (Å²) in [6.07, 6.45) is 1.53. The molecular weight excluding hydrogens is 376 g/mol. The summed E-state index contributed by atoms with van der Waals surface area (Å²) in [6, 6.07) is 12.5. The van der Waals surface area contributed by atoms with Crippen molar-refractivity contribution in [3.8, 4) is 5.75 Å². The van der Waals surface area contributed by atoms with Crippen molar-refractivity contribution in [1.82, 2.24) is 4.90 Å². The van der Waals surface area contributed by atoms with E-state index in [-0.39, 0.29) is 18.1 Å². The quantitative estimate of drug-likeness (QED) is 0.555. The summed E-state index contributed by atoms with van der Waals surface area (Å²) in [7, 11) is 0. The molecule has 1 heterocycles. The Morgan fingerprint density at radius 3 is 2.46 bits per heavy atom. The molecule has 28 heavy (non-hydrogen) atoms. The van der Waals surface area contributed by atoms with Gasteiger partial charge in [0.25, 0.3) is 11.8 Å². The minimum absolute atomic E-state index is 0.137. The van der Waals surface area contributed by atoms with Gasteiger partial charge in [-0.15, -0.1) is 6.58 Å². The number of ether oxygens (including phenoxy) is 1. The molecule has 3 rings (SSSR count). The SMILES string of the molecule is C=CCN1C(=O)C(Nc2ccc(C)c(Cl)c2)=C(c2ccc(OCC)cc2)C1=O. The Kier molecular flexibility index (Phi) is 5.85. The summed E-state index contributed by atoms with van der Waals surface area (Å²) in [5.41, 5.74) is 2.72. The number of hydrogen-bond donors (Lipinski definition) is 1. The van der Waals surface area contributed by atoms with E-state index in [0.29, 0.717) is 34.2 Å². The van der Waals surface area contributed by atoms with E-state index in [1.807, 2.05) is 26.0 Å². The molecule has 0 bridgehead atoms. The van der Waals surface area contributed by atoms with Gasteiger partial charge in [-0.1, -0.05) is 35.9 Å². The summed E-state index contributed by atoms with van der Waals surface area (Å²) < 4.78 is 5.46. The second kappa shape index (κ2) is 8.31. The second-order valence-electron chi connectivity index (χ2n) is 6.31. The Morgan fingerprint density at radius 2 is 1.86 bits per heavy atom. The highest BCUT2D eigenvalue weighted by Gasteiger charge is 2.38. The zero-order chi connectivity index (χ0) is 20.3. The van der Waals surface area contributed by atoms with Crippen LogP contribution in [0.1, 0.15) is 18.1 Å². The van der Waals surface area contributed by atoms with Crippen LogP contribution < -0.4 is 10.1 Å². The lowest BCUT2D eigenvalue weighted by Crippen LogP contribution is -2.32. The van der Waals surface area contributed by atoms with Crippen LogP contribution in [0, 0.1) is 6.92 Å². The minimum Gasteiger partial charge on any atom is -0.494 e. The maximum Gasteiger partial charge on any atom is 0.278 e. The van der Waals surface area contributed by atoms with Crippen molar-refractivity contribution in [3.05, 3.63) is 77.0 Å². The summed E-state index contributed by atoms with van der Waals surface area (Å²) in [5.74, 6) is -0.0633. The van der Waals surface area contributed by atoms with Crippen LogP contribution in [0.15, 0.2) is 60.8 Å². The molecular formula is C22H21ClN2O3. The summed E-state index contributed by atoms with van der Waals surface area (Å²) >= 11 is 6.20. The molecule has 0 fully saturated rings. The lowest BCUT2D eigenvalue weighted by Gasteiger charge is -2.12. The van der Waals surface area contributed by atoms with Crippen molar-refractivity contribution in [2.24, 2.45) is 0 Å². The van der Waals surface area contributed by atoms with E-state index in [0.717, 1.165) is 10.5 Å². The van der Waals surface area contributed by atoms with Crippen LogP contribution in [0.4, 0.5) is 5.69 Å². The number of rotatable bonds is 7. The van der Waals surface area contributed by atoms with Crippen LogP contribution in [0.3, 0.4) is 0 Å². The summed E-state index contributed by atoms with van der Waals surface area (Å²) in [4.78, 5) is 27.0. The summed E-state index contributed by atoms with van der Waals surface area (Å²) in [5, 5.41) is 3.66. The molecule has 5 nitrogen and oxygen atoms in total. The van der Waals surface area contributed by atoms with Crippen molar-refractivity contribution in [2.75, 3.05) is 18.5 Å². The number of nitrogens with zero attached hydrogens (tertiary/aromatic N) is 1. The normalized spacial score (nSPS) is 13.9. The predicted molar refractivity (Wildman–Crippen MR) is 111 cm³/mol. The monoisotopic (exact) mass is 396 g/mol. The Balaban J connectivity index is 2.04. The number of benzene rings is 2. The van der Waals surface area contributed by atoms with Gasteiger partial charge in [-0.25, -0.2) is 0 Å². The lowest BCUT2D eigenvalue weighted by molar-refractivity contribution is -0.136. The number of imide groups is 1. The van der Waals surface area contributed by atoms with Crippen LogP contribution in [0.2, 0.25) is 5.02 Å². The highest BCUT2D eigenvalue weighted by atomic mass is 35.5. The van der Waals surface area contributed by atoms with E-state index < -0.39 is 5.91 Å². The predicted octanol–water partition coefficient (Wildman–Crippen LogP) is 4.43. The fourth-order valence-corrected chi connectivity index (χ4v) is 3.13. The van der Waals surface area contributed by atoms with E-state index >= 15 is 0 Å². The third kappa shape index (κ3) is 3.80. The van der Waals surface area contributed by atoms with Gasteiger partial charge in [-0.2, -0.15) is 0 Å². The first-order chi connectivity index (χ1) is 13.5. The minimum atomic E-state index is -0.398. The van der Waals surface area contributed by atoms with Gasteiger partial charge >= 0.3 is 0 Å². The summed E-state index contributed by atoms with van der Waals surface area (Å²) in [6.45, 7) is 8.12. The van der Waals surface area contributed by atoms with Gasteiger partial charge in [0.1, 0.15) is 11.4 Å². The first kappa shape index (κ1) is 19.7. The number of halogens is 1. The molecule has 2 aromatic carbocycles. The average molecular weight is 397 g/mol. The lowest BCUT2D eigenvalue weighted by atomic mass is 10.0. The molecule has 1 aliphatic heterocycles. The Morgan fingerprint density at radius 1 is 1.14 bits per heavy atom. The molecule has 144 valence electrons. The van der Waals surface area contributed by atoms with Crippen LogP contribution in [-0.4, -0.2) is 29.9 Å². The number of aryl methyl sites for hydroxylation is 1. The molecule has 0 aromatic heterocycles. The average Bonchev–Trinajstić information content (AvgIpc) is 2.90. The number of anilines is 1. The molecule has 0 unspecified atom stereocenters. The number of hydrogen-bond acceptors (Lipinski definition) is 4. The van der Waals surface area contributed by atoms with Crippen LogP contribution in [0.25, 0.3) is 5.57 Å². The van der Waals surface area contributed by atoms with Gasteiger partial charge in [-0.05, 0) is 49.2 Å². The topological polar surface area (TPSA) is 58.6 Å². The zero-order valence-corrected chi connectivity index (χ0v) is 16.5. The molecule has 0 saturated carbocycles. The molecule has 0 spiro atoms. The molecule has 2 aromatic rings. The van der Waals surface area contributed by atoms with Crippen molar-refractivity contribution in [1.29, 1.82) is 0 Å². The van der Waals surface area contributed by atoms with Crippen molar-refractivity contribution < 1.29 is 14.3 Å². The first-order valence-electron chi connectivity index (χ1n) is 8.94. The van der Waals surface area contributed by atoms with E-state index in [9.17, 15) is 9.59 Å². The van der Waals surface area contributed by atoms with Gasteiger partial charge < -0.3 is 10.1 Å². The third-order valence-corrected chi connectivity index (χ3v) is 4.78. The van der Waals surface area contributed by atoms with Gasteiger partial charge in [0.05, 0.1) is 12.2 Å². The number of carbonyl (C=O) groups is 2. The molecule has 0 atom stereocenters. The maximum atomic E-state index is 12.9. The van der Waals surface area contributed by atoms with Gasteiger partial charge in [0, 0.05) is 17.3 Å². The second-order valence-corrected chi connectivity index (χ2v) is 6.71. The molecule has 0 aliphatic carbocycles. The number of amides is 2. The van der Waals surface area contributed by atoms with Gasteiger partial charge in [0.2, 0.25) is 0 Å².